The lowest BCUT2D eigenvalue weighted by atomic mass is 9.77. The van der Waals surface area contributed by atoms with Crippen LogP contribution in [-0.4, -0.2) is 0 Å². The summed E-state index contributed by atoms with van der Waals surface area (Å²) in [6, 6.07) is 23.2. The van der Waals surface area contributed by atoms with Crippen molar-refractivity contribution in [2.45, 2.75) is 51.4 Å². The van der Waals surface area contributed by atoms with Crippen LogP contribution in [0.3, 0.4) is 0 Å². The zero-order chi connectivity index (χ0) is 20.9. The van der Waals surface area contributed by atoms with Gasteiger partial charge in [0.1, 0.15) is 5.82 Å². The van der Waals surface area contributed by atoms with Crippen LogP contribution in [-0.2, 0) is 0 Å². The van der Waals surface area contributed by atoms with Crippen molar-refractivity contribution in [1.29, 1.82) is 5.26 Å². The fourth-order valence-corrected chi connectivity index (χ4v) is 4.89. The van der Waals surface area contributed by atoms with Gasteiger partial charge in [-0.05, 0) is 78.0 Å². The van der Waals surface area contributed by atoms with Crippen molar-refractivity contribution >= 4 is 0 Å². The normalized spacial score (nSPS) is 18.7. The standard InChI is InChI=1S/C28H28FN/c1-2-5-20-8-11-22(12-9-20)23-13-15-24(16-14-23)27-18-21(19-30)10-17-25(27)26-6-3-4-7-28(26)29/h3-4,6-7,10,13-18,20,22H,2,5,8-9,11-12H2,1H3. The minimum absolute atomic E-state index is 0.246. The SMILES string of the molecule is CCCC1CCC(c2ccc(-c3cc(C#N)ccc3-c3ccccc3F)cc2)CC1. The van der Waals surface area contributed by atoms with E-state index in [2.05, 4.69) is 37.3 Å². The number of rotatable bonds is 5. The Morgan fingerprint density at radius 3 is 2.27 bits per heavy atom. The second kappa shape index (κ2) is 9.26. The van der Waals surface area contributed by atoms with E-state index < -0.39 is 0 Å². The van der Waals surface area contributed by atoms with E-state index in [1.807, 2.05) is 18.2 Å². The molecule has 0 aliphatic heterocycles. The fraction of sp³-hybridized carbons (Fsp3) is 0.321. The molecule has 1 aliphatic carbocycles. The van der Waals surface area contributed by atoms with Gasteiger partial charge >= 0.3 is 0 Å². The molecule has 0 spiro atoms. The number of nitrogens with zero attached hydrogens (tertiary/aromatic N) is 1. The van der Waals surface area contributed by atoms with Gasteiger partial charge in [-0.2, -0.15) is 5.26 Å². The van der Waals surface area contributed by atoms with Crippen molar-refractivity contribution in [3.8, 4) is 28.3 Å². The summed E-state index contributed by atoms with van der Waals surface area (Å²) in [6.07, 6.45) is 7.86. The molecule has 4 rings (SSSR count). The van der Waals surface area contributed by atoms with Crippen molar-refractivity contribution in [3.05, 3.63) is 83.7 Å². The van der Waals surface area contributed by atoms with Gasteiger partial charge in [0.2, 0.25) is 0 Å². The Morgan fingerprint density at radius 2 is 1.60 bits per heavy atom. The topological polar surface area (TPSA) is 23.8 Å². The Kier molecular flexibility index (Phi) is 6.29. The zero-order valence-electron chi connectivity index (χ0n) is 17.6. The largest absolute Gasteiger partial charge is 0.206 e. The Hall–Kier alpha value is -2.92. The lowest BCUT2D eigenvalue weighted by Crippen LogP contribution is -2.13. The Labute approximate surface area is 179 Å². The van der Waals surface area contributed by atoms with Gasteiger partial charge < -0.3 is 0 Å². The molecular formula is C28H28FN. The summed E-state index contributed by atoms with van der Waals surface area (Å²) in [7, 11) is 0. The van der Waals surface area contributed by atoms with Gasteiger partial charge in [-0.25, -0.2) is 4.39 Å². The van der Waals surface area contributed by atoms with E-state index in [0.29, 0.717) is 17.0 Å². The Balaban J connectivity index is 1.63. The molecule has 1 fully saturated rings. The number of hydrogen-bond donors (Lipinski definition) is 0. The van der Waals surface area contributed by atoms with Gasteiger partial charge in [0, 0.05) is 5.56 Å². The van der Waals surface area contributed by atoms with E-state index in [-0.39, 0.29) is 5.82 Å². The van der Waals surface area contributed by atoms with Crippen molar-refractivity contribution in [2.75, 3.05) is 0 Å². The molecule has 30 heavy (non-hydrogen) atoms. The number of nitriles is 1. The second-order valence-electron chi connectivity index (χ2n) is 8.48. The molecule has 1 aliphatic rings. The maximum absolute atomic E-state index is 14.5. The summed E-state index contributed by atoms with van der Waals surface area (Å²) in [6.45, 7) is 2.28. The quantitative estimate of drug-likeness (QED) is 0.426. The molecular weight excluding hydrogens is 369 g/mol. The molecule has 0 amide bonds. The summed E-state index contributed by atoms with van der Waals surface area (Å²) in [4.78, 5) is 0. The van der Waals surface area contributed by atoms with Crippen LogP contribution in [0.1, 0.15) is 62.5 Å². The van der Waals surface area contributed by atoms with Crippen LogP contribution < -0.4 is 0 Å². The molecule has 0 saturated heterocycles. The highest BCUT2D eigenvalue weighted by Gasteiger charge is 2.22. The molecule has 0 heterocycles. The second-order valence-corrected chi connectivity index (χ2v) is 8.48. The smallest absolute Gasteiger partial charge is 0.131 e. The molecule has 0 radical (unpaired) electrons. The maximum atomic E-state index is 14.5. The van der Waals surface area contributed by atoms with Crippen LogP contribution >= 0.6 is 0 Å². The van der Waals surface area contributed by atoms with Crippen LogP contribution in [0.25, 0.3) is 22.3 Å². The van der Waals surface area contributed by atoms with Gasteiger partial charge in [-0.15, -0.1) is 0 Å². The summed E-state index contributed by atoms with van der Waals surface area (Å²) in [5.74, 6) is 1.30. The van der Waals surface area contributed by atoms with Crippen molar-refractivity contribution in [1.82, 2.24) is 0 Å². The highest BCUT2D eigenvalue weighted by atomic mass is 19.1. The molecule has 1 nitrogen and oxygen atoms in total. The lowest BCUT2D eigenvalue weighted by molar-refractivity contribution is 0.308. The van der Waals surface area contributed by atoms with E-state index in [9.17, 15) is 9.65 Å². The highest BCUT2D eigenvalue weighted by Crippen LogP contribution is 2.39. The fourth-order valence-electron chi connectivity index (χ4n) is 4.89. The van der Waals surface area contributed by atoms with Gasteiger partial charge in [-0.3, -0.25) is 0 Å². The minimum atomic E-state index is -0.246. The molecule has 152 valence electrons. The maximum Gasteiger partial charge on any atom is 0.131 e. The van der Waals surface area contributed by atoms with Gasteiger partial charge in [0.05, 0.1) is 11.6 Å². The number of benzene rings is 3. The van der Waals surface area contributed by atoms with E-state index in [4.69, 9.17) is 0 Å². The third kappa shape index (κ3) is 4.31. The van der Waals surface area contributed by atoms with Gasteiger partial charge in [-0.1, -0.05) is 68.3 Å². The Morgan fingerprint density at radius 1 is 0.867 bits per heavy atom. The molecule has 0 aromatic heterocycles. The van der Waals surface area contributed by atoms with Gasteiger partial charge in [0.15, 0.2) is 0 Å². The molecule has 0 bridgehead atoms. The zero-order valence-corrected chi connectivity index (χ0v) is 17.6. The molecule has 0 atom stereocenters. The highest BCUT2D eigenvalue weighted by molar-refractivity contribution is 5.84. The average molecular weight is 398 g/mol. The van der Waals surface area contributed by atoms with Gasteiger partial charge in [0.25, 0.3) is 0 Å². The number of halogens is 1. The predicted octanol–water partition coefficient (Wildman–Crippen LogP) is 8.11. The van der Waals surface area contributed by atoms with Crippen LogP contribution in [0.2, 0.25) is 0 Å². The molecule has 3 aromatic rings. The third-order valence-corrected chi connectivity index (χ3v) is 6.55. The number of hydrogen-bond acceptors (Lipinski definition) is 1. The summed E-state index contributed by atoms with van der Waals surface area (Å²) in [5.41, 5.74) is 5.29. The van der Waals surface area contributed by atoms with Crippen LogP contribution in [0, 0.1) is 23.1 Å². The first kappa shape index (κ1) is 20.4. The first-order valence-corrected chi connectivity index (χ1v) is 11.1. The average Bonchev–Trinajstić information content (AvgIpc) is 2.80. The summed E-state index contributed by atoms with van der Waals surface area (Å²) in [5, 5.41) is 9.37. The predicted molar refractivity (Wildman–Crippen MR) is 122 cm³/mol. The monoisotopic (exact) mass is 397 g/mol. The van der Waals surface area contributed by atoms with E-state index in [1.54, 1.807) is 18.2 Å². The third-order valence-electron chi connectivity index (χ3n) is 6.55. The van der Waals surface area contributed by atoms with Crippen LogP contribution in [0.15, 0.2) is 66.7 Å². The Bertz CT molecular complexity index is 1040. The van der Waals surface area contributed by atoms with E-state index in [1.165, 1.54) is 50.2 Å². The van der Waals surface area contributed by atoms with Crippen molar-refractivity contribution in [2.24, 2.45) is 5.92 Å². The lowest BCUT2D eigenvalue weighted by Gasteiger charge is -2.28. The van der Waals surface area contributed by atoms with E-state index in [0.717, 1.165) is 22.6 Å². The molecule has 1 saturated carbocycles. The molecule has 0 unspecified atom stereocenters. The molecule has 2 heteroatoms. The summed E-state index contributed by atoms with van der Waals surface area (Å²) >= 11 is 0. The van der Waals surface area contributed by atoms with Crippen molar-refractivity contribution in [3.63, 3.8) is 0 Å². The first-order valence-electron chi connectivity index (χ1n) is 11.1. The summed E-state index contributed by atoms with van der Waals surface area (Å²) < 4.78 is 14.5. The van der Waals surface area contributed by atoms with Crippen LogP contribution in [0.5, 0.6) is 0 Å². The van der Waals surface area contributed by atoms with Crippen molar-refractivity contribution < 1.29 is 4.39 Å². The first-order chi connectivity index (χ1) is 14.7. The molecule has 0 N–H and O–H groups in total. The van der Waals surface area contributed by atoms with Crippen LogP contribution in [0.4, 0.5) is 4.39 Å². The molecule has 3 aromatic carbocycles. The van der Waals surface area contributed by atoms with E-state index >= 15 is 0 Å². The minimum Gasteiger partial charge on any atom is -0.206 e.